The van der Waals surface area contributed by atoms with E-state index in [9.17, 15) is 10.1 Å². The SMILES string of the molecule is CCN(CC)c1ccc(C2C(C#N)=C3N=C(N)c4ccccc4N3C3=C2C(=O)CC(C)(C)C3)cc1. The Morgan fingerprint density at radius 3 is 2.46 bits per heavy atom. The maximum Gasteiger partial charge on any atom is 0.162 e. The zero-order valence-corrected chi connectivity index (χ0v) is 20.8. The Labute approximate surface area is 207 Å². The molecule has 1 unspecified atom stereocenters. The molecule has 2 heterocycles. The second-order valence-corrected chi connectivity index (χ2v) is 10.2. The van der Waals surface area contributed by atoms with E-state index < -0.39 is 5.92 Å². The third kappa shape index (κ3) is 3.63. The number of carbonyl (C=O) groups excluding carboxylic acids is 1. The van der Waals surface area contributed by atoms with Crippen LogP contribution in [-0.2, 0) is 4.79 Å². The second kappa shape index (κ2) is 8.42. The first kappa shape index (κ1) is 22.9. The molecule has 0 bridgehead atoms. The van der Waals surface area contributed by atoms with Crippen LogP contribution >= 0.6 is 0 Å². The van der Waals surface area contributed by atoms with E-state index in [1.165, 1.54) is 0 Å². The quantitative estimate of drug-likeness (QED) is 0.668. The number of rotatable bonds is 4. The van der Waals surface area contributed by atoms with E-state index in [-0.39, 0.29) is 11.2 Å². The Morgan fingerprint density at radius 1 is 1.11 bits per heavy atom. The van der Waals surface area contributed by atoms with Crippen molar-refractivity contribution in [2.24, 2.45) is 16.1 Å². The van der Waals surface area contributed by atoms with Crippen molar-refractivity contribution < 1.29 is 4.79 Å². The van der Waals surface area contributed by atoms with Crippen molar-refractivity contribution in [3.8, 4) is 6.07 Å². The van der Waals surface area contributed by atoms with Crippen molar-refractivity contribution >= 4 is 23.0 Å². The maximum atomic E-state index is 13.7. The van der Waals surface area contributed by atoms with Crippen molar-refractivity contribution in [2.45, 2.75) is 46.5 Å². The number of ketones is 1. The lowest BCUT2D eigenvalue weighted by Gasteiger charge is -2.45. The average molecular weight is 466 g/mol. The number of nitriles is 1. The van der Waals surface area contributed by atoms with E-state index in [2.05, 4.69) is 50.8 Å². The maximum absolute atomic E-state index is 13.7. The lowest BCUT2D eigenvalue weighted by atomic mass is 9.68. The molecule has 0 saturated heterocycles. The summed E-state index contributed by atoms with van der Waals surface area (Å²) in [5, 5.41) is 10.4. The summed E-state index contributed by atoms with van der Waals surface area (Å²) in [5.41, 5.74) is 12.0. The van der Waals surface area contributed by atoms with Gasteiger partial charge in [0.1, 0.15) is 5.84 Å². The number of aliphatic imine (C=N–C) groups is 1. The van der Waals surface area contributed by atoms with E-state index in [1.54, 1.807) is 0 Å². The highest BCUT2D eigenvalue weighted by Gasteiger charge is 2.46. The van der Waals surface area contributed by atoms with Crippen molar-refractivity contribution in [3.05, 3.63) is 82.3 Å². The molecule has 1 atom stereocenters. The summed E-state index contributed by atoms with van der Waals surface area (Å²) < 4.78 is 0. The molecule has 2 N–H and O–H groups in total. The van der Waals surface area contributed by atoms with Gasteiger partial charge in [0.25, 0.3) is 0 Å². The van der Waals surface area contributed by atoms with E-state index in [0.29, 0.717) is 35.6 Å². The highest BCUT2D eigenvalue weighted by Crippen LogP contribution is 2.52. The van der Waals surface area contributed by atoms with Crippen LogP contribution in [0.1, 0.15) is 57.6 Å². The summed E-state index contributed by atoms with van der Waals surface area (Å²) in [4.78, 5) is 22.7. The van der Waals surface area contributed by atoms with Gasteiger partial charge < -0.3 is 10.6 Å². The number of hydrogen-bond acceptors (Lipinski definition) is 6. The van der Waals surface area contributed by atoms with Crippen LogP contribution in [-0.4, -0.2) is 24.7 Å². The molecule has 0 fully saturated rings. The Hall–Kier alpha value is -3.85. The molecule has 3 aliphatic rings. The lowest BCUT2D eigenvalue weighted by Crippen LogP contribution is -2.42. The van der Waals surface area contributed by atoms with Gasteiger partial charge in [0.05, 0.1) is 23.2 Å². The average Bonchev–Trinajstić information content (AvgIpc) is 2.84. The van der Waals surface area contributed by atoms with Gasteiger partial charge in [-0.25, -0.2) is 4.99 Å². The minimum Gasteiger partial charge on any atom is -0.383 e. The summed E-state index contributed by atoms with van der Waals surface area (Å²) in [7, 11) is 0. The van der Waals surface area contributed by atoms with E-state index in [0.717, 1.165) is 41.3 Å². The van der Waals surface area contributed by atoms with Gasteiger partial charge in [0.15, 0.2) is 11.6 Å². The van der Waals surface area contributed by atoms with E-state index in [1.807, 2.05) is 41.3 Å². The van der Waals surface area contributed by atoms with Gasteiger partial charge in [-0.05, 0) is 55.5 Å². The predicted octanol–water partition coefficient (Wildman–Crippen LogP) is 5.23. The van der Waals surface area contributed by atoms with Crippen molar-refractivity contribution in [1.82, 2.24) is 0 Å². The molecule has 0 aromatic heterocycles. The molecule has 6 heteroatoms. The van der Waals surface area contributed by atoms with Crippen LogP contribution in [0, 0.1) is 16.7 Å². The van der Waals surface area contributed by atoms with Crippen LogP contribution in [0.5, 0.6) is 0 Å². The standard InChI is InChI=1S/C29H31N5O/c1-5-33(6-2)19-13-11-18(12-14-19)25-21(17-30)28-32-27(31)20-9-7-8-10-22(20)34(28)23-15-29(3,4)16-24(35)26(23)25/h7-14,25H,5-6,15-16H2,1-4H3,(H2,31,32). The number of allylic oxidation sites excluding steroid dienone is 3. The first-order chi connectivity index (χ1) is 16.8. The Balaban J connectivity index is 1.75. The molecular formula is C29H31N5O. The summed E-state index contributed by atoms with van der Waals surface area (Å²) in [5.74, 6) is 0.560. The molecule has 0 saturated carbocycles. The number of anilines is 2. The van der Waals surface area contributed by atoms with Gasteiger partial charge in [-0.3, -0.25) is 9.69 Å². The zero-order chi connectivity index (χ0) is 24.9. The fourth-order valence-electron chi connectivity index (χ4n) is 5.69. The first-order valence-corrected chi connectivity index (χ1v) is 12.3. The van der Waals surface area contributed by atoms with Crippen LogP contribution in [0.4, 0.5) is 11.4 Å². The van der Waals surface area contributed by atoms with Gasteiger partial charge in [0, 0.05) is 42.0 Å². The topological polar surface area (TPSA) is 85.7 Å². The number of Topliss-reactive ketones (excluding diaryl/α,β-unsaturated/α-hetero) is 1. The van der Waals surface area contributed by atoms with Crippen LogP contribution in [0.3, 0.4) is 0 Å². The highest BCUT2D eigenvalue weighted by molar-refractivity contribution is 6.08. The fourth-order valence-corrected chi connectivity index (χ4v) is 5.69. The van der Waals surface area contributed by atoms with Crippen LogP contribution in [0.25, 0.3) is 0 Å². The summed E-state index contributed by atoms with van der Waals surface area (Å²) in [6.07, 6.45) is 1.17. The molecule has 2 aromatic rings. The molecule has 5 rings (SSSR count). The molecule has 2 aliphatic heterocycles. The van der Waals surface area contributed by atoms with Crippen LogP contribution < -0.4 is 15.5 Å². The van der Waals surface area contributed by atoms with Crippen molar-refractivity contribution in [2.75, 3.05) is 22.9 Å². The van der Waals surface area contributed by atoms with Gasteiger partial charge in [0.2, 0.25) is 0 Å². The third-order valence-electron chi connectivity index (χ3n) is 7.32. The van der Waals surface area contributed by atoms with Crippen LogP contribution in [0.15, 0.2) is 76.2 Å². The molecule has 2 aromatic carbocycles. The number of para-hydroxylation sites is 1. The Morgan fingerprint density at radius 2 is 1.80 bits per heavy atom. The number of amidine groups is 1. The molecule has 0 spiro atoms. The summed E-state index contributed by atoms with van der Waals surface area (Å²) in [6, 6.07) is 18.5. The number of benzene rings is 2. The Kier molecular flexibility index (Phi) is 5.52. The summed E-state index contributed by atoms with van der Waals surface area (Å²) in [6.45, 7) is 10.3. The minimum atomic E-state index is -0.461. The van der Waals surface area contributed by atoms with Gasteiger partial charge in [-0.15, -0.1) is 0 Å². The number of nitrogens with two attached hydrogens (primary N) is 1. The normalized spacial score (nSPS) is 20.5. The van der Waals surface area contributed by atoms with Crippen molar-refractivity contribution in [1.29, 1.82) is 5.26 Å². The number of carbonyl (C=O) groups is 1. The number of hydrogen-bond donors (Lipinski definition) is 1. The molecule has 6 nitrogen and oxygen atoms in total. The molecule has 178 valence electrons. The lowest BCUT2D eigenvalue weighted by molar-refractivity contribution is -0.118. The Bertz CT molecular complexity index is 1340. The predicted molar refractivity (Wildman–Crippen MR) is 140 cm³/mol. The smallest absolute Gasteiger partial charge is 0.162 e. The molecule has 1 aliphatic carbocycles. The number of fused-ring (bicyclic) bond motifs is 4. The number of nitrogens with zero attached hydrogens (tertiary/aromatic N) is 4. The van der Waals surface area contributed by atoms with E-state index >= 15 is 0 Å². The molecular weight excluding hydrogens is 434 g/mol. The first-order valence-electron chi connectivity index (χ1n) is 12.3. The minimum absolute atomic E-state index is 0.0980. The van der Waals surface area contributed by atoms with E-state index in [4.69, 9.17) is 10.7 Å². The van der Waals surface area contributed by atoms with Crippen molar-refractivity contribution in [3.63, 3.8) is 0 Å². The highest BCUT2D eigenvalue weighted by atomic mass is 16.1. The largest absolute Gasteiger partial charge is 0.383 e. The molecule has 0 radical (unpaired) electrons. The fraction of sp³-hybridized carbons (Fsp3) is 0.345. The third-order valence-corrected chi connectivity index (χ3v) is 7.32. The second-order valence-electron chi connectivity index (χ2n) is 10.2. The molecule has 35 heavy (non-hydrogen) atoms. The van der Waals surface area contributed by atoms with Gasteiger partial charge >= 0.3 is 0 Å². The molecule has 0 amide bonds. The monoisotopic (exact) mass is 465 g/mol. The van der Waals surface area contributed by atoms with Gasteiger partial charge in [-0.2, -0.15) is 5.26 Å². The summed E-state index contributed by atoms with van der Waals surface area (Å²) >= 11 is 0. The van der Waals surface area contributed by atoms with Gasteiger partial charge in [-0.1, -0.05) is 38.1 Å². The van der Waals surface area contributed by atoms with Crippen LogP contribution in [0.2, 0.25) is 0 Å². The zero-order valence-electron chi connectivity index (χ0n) is 20.8.